The fourth-order valence-electron chi connectivity index (χ4n) is 2.39. The number of benzene rings is 1. The lowest BCUT2D eigenvalue weighted by atomic mass is 10.1. The Morgan fingerprint density at radius 2 is 1.83 bits per heavy atom. The van der Waals surface area contributed by atoms with E-state index in [0.717, 1.165) is 31.9 Å². The lowest BCUT2D eigenvalue weighted by Gasteiger charge is -2.10. The molecule has 1 fully saturated rings. The Bertz CT molecular complexity index is 673. The zero-order chi connectivity index (χ0) is 16.9. The van der Waals surface area contributed by atoms with Gasteiger partial charge in [-0.25, -0.2) is 13.2 Å². The van der Waals surface area contributed by atoms with Gasteiger partial charge in [-0.1, -0.05) is 17.3 Å². The molecular formula is C16H21NO5S. The van der Waals surface area contributed by atoms with Crippen molar-refractivity contribution in [3.8, 4) is 0 Å². The van der Waals surface area contributed by atoms with Gasteiger partial charge in [0.15, 0.2) is 15.5 Å². The van der Waals surface area contributed by atoms with E-state index in [1.807, 2.05) is 0 Å². The highest BCUT2D eigenvalue weighted by molar-refractivity contribution is 7.90. The summed E-state index contributed by atoms with van der Waals surface area (Å²) >= 11 is 0. The van der Waals surface area contributed by atoms with Crippen LogP contribution in [0.1, 0.15) is 38.2 Å². The molecular weight excluding hydrogens is 318 g/mol. The topological polar surface area (TPSA) is 82.0 Å². The monoisotopic (exact) mass is 339 g/mol. The normalized spacial score (nSPS) is 16.3. The number of hydrogen-bond acceptors (Lipinski definition) is 6. The van der Waals surface area contributed by atoms with Gasteiger partial charge in [0.2, 0.25) is 0 Å². The molecule has 0 bridgehead atoms. The molecule has 1 aromatic carbocycles. The molecule has 1 aliphatic rings. The van der Waals surface area contributed by atoms with Crippen LogP contribution in [-0.2, 0) is 24.2 Å². The number of hydrogen-bond donors (Lipinski definition) is 0. The van der Waals surface area contributed by atoms with Gasteiger partial charge in [-0.3, -0.25) is 0 Å². The maximum atomic E-state index is 12.1. The van der Waals surface area contributed by atoms with Crippen molar-refractivity contribution in [2.75, 3.05) is 12.9 Å². The molecule has 2 rings (SSSR count). The van der Waals surface area contributed by atoms with Crippen LogP contribution in [0.5, 0.6) is 0 Å². The minimum atomic E-state index is -3.29. The molecule has 23 heavy (non-hydrogen) atoms. The van der Waals surface area contributed by atoms with Gasteiger partial charge in [0.05, 0.1) is 11.5 Å². The Labute approximate surface area is 136 Å². The third-order valence-corrected chi connectivity index (χ3v) is 4.75. The van der Waals surface area contributed by atoms with Crippen LogP contribution in [0.4, 0.5) is 0 Å². The third-order valence-electron chi connectivity index (χ3n) is 3.62. The van der Waals surface area contributed by atoms with Crippen molar-refractivity contribution in [3.05, 3.63) is 29.8 Å². The van der Waals surface area contributed by atoms with E-state index in [-0.39, 0.29) is 23.3 Å². The van der Waals surface area contributed by atoms with E-state index in [0.29, 0.717) is 5.56 Å². The summed E-state index contributed by atoms with van der Waals surface area (Å²) in [7, 11) is -3.29. The van der Waals surface area contributed by atoms with Gasteiger partial charge in [-0.05, 0) is 44.7 Å². The first kappa shape index (κ1) is 17.5. The highest BCUT2D eigenvalue weighted by Crippen LogP contribution is 2.21. The minimum absolute atomic E-state index is 0.0229. The average Bonchev–Trinajstić information content (AvgIpc) is 3.01. The summed E-state index contributed by atoms with van der Waals surface area (Å²) in [6, 6.07) is 5.94. The van der Waals surface area contributed by atoms with Gasteiger partial charge < -0.3 is 9.57 Å². The molecule has 0 aliphatic heterocycles. The Balaban J connectivity index is 2.25. The zero-order valence-electron chi connectivity index (χ0n) is 13.3. The molecule has 0 atom stereocenters. The summed E-state index contributed by atoms with van der Waals surface area (Å²) in [6.45, 7) is 1.93. The van der Waals surface area contributed by atoms with Crippen LogP contribution in [0.3, 0.4) is 0 Å². The Hall–Kier alpha value is -1.89. The zero-order valence-corrected chi connectivity index (χ0v) is 14.1. The summed E-state index contributed by atoms with van der Waals surface area (Å²) in [4.78, 5) is 17.7. The number of esters is 1. The summed E-state index contributed by atoms with van der Waals surface area (Å²) in [6.07, 6.45) is 5.19. The Morgan fingerprint density at radius 3 is 2.35 bits per heavy atom. The molecule has 1 aliphatic carbocycles. The second kappa shape index (κ2) is 7.59. The second-order valence-electron chi connectivity index (χ2n) is 5.47. The van der Waals surface area contributed by atoms with E-state index in [2.05, 4.69) is 5.16 Å². The molecule has 0 heterocycles. The summed E-state index contributed by atoms with van der Waals surface area (Å²) in [5.41, 5.74) is 0.521. The molecule has 1 saturated carbocycles. The summed E-state index contributed by atoms with van der Waals surface area (Å²) in [5, 5.41) is 3.98. The van der Waals surface area contributed by atoms with Crippen LogP contribution < -0.4 is 0 Å². The predicted octanol–water partition coefficient (Wildman–Crippen LogP) is 2.32. The number of rotatable bonds is 6. The molecule has 0 aromatic heterocycles. The molecule has 7 heteroatoms. The molecule has 1 aromatic rings. The van der Waals surface area contributed by atoms with Crippen molar-refractivity contribution in [1.82, 2.24) is 0 Å². The summed E-state index contributed by atoms with van der Waals surface area (Å²) in [5.74, 6) is -0.586. The van der Waals surface area contributed by atoms with E-state index >= 15 is 0 Å². The van der Waals surface area contributed by atoms with Crippen LogP contribution in [0.15, 0.2) is 34.3 Å². The first-order chi connectivity index (χ1) is 10.9. The van der Waals surface area contributed by atoms with Gasteiger partial charge in [0.1, 0.15) is 6.10 Å². The molecule has 0 radical (unpaired) electrons. The number of carbonyl (C=O) groups excluding carboxylic acids is 1. The smallest absolute Gasteiger partial charge is 0.361 e. The number of carbonyl (C=O) groups is 1. The van der Waals surface area contributed by atoms with Gasteiger partial charge >= 0.3 is 5.97 Å². The van der Waals surface area contributed by atoms with E-state index in [9.17, 15) is 13.2 Å². The van der Waals surface area contributed by atoms with Gasteiger partial charge in [0, 0.05) is 11.8 Å². The van der Waals surface area contributed by atoms with Gasteiger partial charge in [-0.15, -0.1) is 0 Å². The maximum absolute atomic E-state index is 12.1. The number of oxime groups is 1. The largest absolute Gasteiger partial charge is 0.461 e. The van der Waals surface area contributed by atoms with Crippen molar-refractivity contribution in [1.29, 1.82) is 0 Å². The van der Waals surface area contributed by atoms with Crippen molar-refractivity contribution < 1.29 is 22.8 Å². The predicted molar refractivity (Wildman–Crippen MR) is 86.1 cm³/mol. The lowest BCUT2D eigenvalue weighted by Crippen LogP contribution is -2.20. The number of sulfone groups is 1. The standard InChI is InChI=1S/C16H21NO5S/c1-3-21-16(18)15(17-22-13-6-4-5-7-13)12-8-10-14(11-9-12)23(2,19)20/h8-11,13H,3-7H2,1-2H3. The molecule has 0 N–H and O–H groups in total. The second-order valence-corrected chi connectivity index (χ2v) is 7.48. The molecule has 6 nitrogen and oxygen atoms in total. The molecule has 0 saturated heterocycles. The van der Waals surface area contributed by atoms with Crippen molar-refractivity contribution in [2.24, 2.45) is 5.16 Å². The Kier molecular flexibility index (Phi) is 5.76. The van der Waals surface area contributed by atoms with Crippen molar-refractivity contribution in [2.45, 2.75) is 43.6 Å². The third kappa shape index (κ3) is 4.79. The highest BCUT2D eigenvalue weighted by atomic mass is 32.2. The molecule has 0 unspecified atom stereocenters. The van der Waals surface area contributed by atoms with E-state index in [1.165, 1.54) is 24.3 Å². The van der Waals surface area contributed by atoms with E-state index < -0.39 is 15.8 Å². The van der Waals surface area contributed by atoms with Crippen molar-refractivity contribution >= 4 is 21.5 Å². The van der Waals surface area contributed by atoms with Crippen LogP contribution in [0, 0.1) is 0 Å². The quantitative estimate of drug-likeness (QED) is 0.451. The molecule has 126 valence electrons. The highest BCUT2D eigenvalue weighted by Gasteiger charge is 2.21. The summed E-state index contributed by atoms with van der Waals surface area (Å²) < 4.78 is 28.0. The van der Waals surface area contributed by atoms with Crippen LogP contribution in [-0.4, -0.2) is 39.1 Å². The molecule has 0 spiro atoms. The van der Waals surface area contributed by atoms with E-state index in [1.54, 1.807) is 6.92 Å². The lowest BCUT2D eigenvalue weighted by molar-refractivity contribution is -0.135. The fraction of sp³-hybridized carbons (Fsp3) is 0.500. The number of ether oxygens (including phenoxy) is 1. The first-order valence-electron chi connectivity index (χ1n) is 7.63. The molecule has 0 amide bonds. The fourth-order valence-corrected chi connectivity index (χ4v) is 3.02. The van der Waals surface area contributed by atoms with Crippen molar-refractivity contribution in [3.63, 3.8) is 0 Å². The van der Waals surface area contributed by atoms with Crippen LogP contribution in [0.25, 0.3) is 0 Å². The maximum Gasteiger partial charge on any atom is 0.361 e. The minimum Gasteiger partial charge on any atom is -0.461 e. The van der Waals surface area contributed by atoms with Crippen LogP contribution >= 0.6 is 0 Å². The first-order valence-corrected chi connectivity index (χ1v) is 9.52. The van der Waals surface area contributed by atoms with Crippen LogP contribution in [0.2, 0.25) is 0 Å². The number of nitrogens with zero attached hydrogens (tertiary/aromatic N) is 1. The van der Waals surface area contributed by atoms with Gasteiger partial charge in [-0.2, -0.15) is 0 Å². The average molecular weight is 339 g/mol. The SMILES string of the molecule is CCOC(=O)C(=NOC1CCCC1)c1ccc(S(C)(=O)=O)cc1. The van der Waals surface area contributed by atoms with E-state index in [4.69, 9.17) is 9.57 Å². The Morgan fingerprint density at radius 1 is 1.22 bits per heavy atom. The van der Waals surface area contributed by atoms with Gasteiger partial charge in [0.25, 0.3) is 0 Å².